The third-order valence-electron chi connectivity index (χ3n) is 7.38. The lowest BCUT2D eigenvalue weighted by Gasteiger charge is -2.60. The van der Waals surface area contributed by atoms with Gasteiger partial charge in [0.1, 0.15) is 6.33 Å². The number of ether oxygens (including phenoxy) is 3. The van der Waals surface area contributed by atoms with Gasteiger partial charge in [0.2, 0.25) is 16.4 Å². The van der Waals surface area contributed by atoms with Crippen LogP contribution in [0.3, 0.4) is 0 Å². The fourth-order valence-electron chi connectivity index (χ4n) is 6.64. The molecule has 6 rings (SSSR count). The van der Waals surface area contributed by atoms with Gasteiger partial charge in [-0.1, -0.05) is 0 Å². The number of anilines is 1. The standard InChI is InChI=1S/C22H27BrN4O4/c1-29-16-5-15(6-17(30-2)18(16)31-3)25-19(28)21-7-13-4-14(8-21)10-22(9-13,11-21)27-12-24-20(23)26-27/h5-6,12-14H,4,7-11H2,1-3H3,(H,25,28). The van der Waals surface area contributed by atoms with Crippen LogP contribution in [0.1, 0.15) is 38.5 Å². The number of hydrogen-bond donors (Lipinski definition) is 1. The third-order valence-corrected chi connectivity index (χ3v) is 7.75. The summed E-state index contributed by atoms with van der Waals surface area (Å²) in [6.45, 7) is 0. The molecule has 1 amide bonds. The molecular formula is C22H27BrN4O4. The number of methoxy groups -OCH3 is 3. The molecule has 0 spiro atoms. The van der Waals surface area contributed by atoms with E-state index in [1.165, 1.54) is 6.42 Å². The predicted molar refractivity (Wildman–Crippen MR) is 118 cm³/mol. The van der Waals surface area contributed by atoms with Crippen LogP contribution in [0.4, 0.5) is 5.69 Å². The SMILES string of the molecule is COc1cc(NC(=O)C23CC4CC(C2)CC(n2cnc(Br)n2)(C4)C3)cc(OC)c1OC. The molecule has 4 saturated carbocycles. The lowest BCUT2D eigenvalue weighted by molar-refractivity contribution is -0.150. The van der Waals surface area contributed by atoms with E-state index in [0.717, 1.165) is 32.1 Å². The molecule has 4 aliphatic rings. The van der Waals surface area contributed by atoms with Gasteiger partial charge in [-0.05, 0) is 66.3 Å². The number of nitrogens with zero attached hydrogens (tertiary/aromatic N) is 3. The highest BCUT2D eigenvalue weighted by Gasteiger charge is 2.61. The van der Waals surface area contributed by atoms with Gasteiger partial charge in [0.05, 0.1) is 32.3 Å². The largest absolute Gasteiger partial charge is 0.493 e. The molecule has 4 aliphatic carbocycles. The van der Waals surface area contributed by atoms with Gasteiger partial charge in [-0.2, -0.15) is 0 Å². The molecule has 0 aliphatic heterocycles. The minimum absolute atomic E-state index is 0.0689. The van der Waals surface area contributed by atoms with Gasteiger partial charge in [-0.25, -0.2) is 9.67 Å². The van der Waals surface area contributed by atoms with Crippen LogP contribution in [0.5, 0.6) is 17.2 Å². The molecule has 0 saturated heterocycles. The van der Waals surface area contributed by atoms with Gasteiger partial charge in [-0.3, -0.25) is 4.79 Å². The van der Waals surface area contributed by atoms with Crippen LogP contribution < -0.4 is 19.5 Å². The Morgan fingerprint density at radius 2 is 1.74 bits per heavy atom. The summed E-state index contributed by atoms with van der Waals surface area (Å²) in [7, 11) is 4.71. The van der Waals surface area contributed by atoms with E-state index < -0.39 is 5.41 Å². The maximum absolute atomic E-state index is 13.7. The number of aromatic nitrogens is 3. The smallest absolute Gasteiger partial charge is 0.230 e. The quantitative estimate of drug-likeness (QED) is 0.658. The van der Waals surface area contributed by atoms with Gasteiger partial charge < -0.3 is 19.5 Å². The summed E-state index contributed by atoms with van der Waals surface area (Å²) in [4.78, 5) is 18.0. The maximum atomic E-state index is 13.7. The second-order valence-electron chi connectivity index (χ2n) is 9.29. The van der Waals surface area contributed by atoms with E-state index in [-0.39, 0.29) is 11.4 Å². The zero-order chi connectivity index (χ0) is 21.8. The van der Waals surface area contributed by atoms with Crippen molar-refractivity contribution in [3.8, 4) is 17.2 Å². The Balaban J connectivity index is 1.46. The predicted octanol–water partition coefficient (Wildman–Crippen LogP) is 4.00. The summed E-state index contributed by atoms with van der Waals surface area (Å²) in [5, 5.41) is 7.75. The first-order valence-corrected chi connectivity index (χ1v) is 11.4. The van der Waals surface area contributed by atoms with Crippen molar-refractivity contribution < 1.29 is 19.0 Å². The first-order chi connectivity index (χ1) is 14.9. The molecule has 2 atom stereocenters. The molecule has 1 heterocycles. The molecule has 1 aromatic heterocycles. The lowest BCUT2D eigenvalue weighted by Crippen LogP contribution is -2.60. The van der Waals surface area contributed by atoms with Crippen molar-refractivity contribution in [2.45, 2.75) is 44.1 Å². The van der Waals surface area contributed by atoms with Crippen molar-refractivity contribution in [1.82, 2.24) is 14.8 Å². The topological polar surface area (TPSA) is 87.5 Å². The first-order valence-electron chi connectivity index (χ1n) is 10.6. The highest BCUT2D eigenvalue weighted by molar-refractivity contribution is 9.10. The van der Waals surface area contributed by atoms with Crippen LogP contribution >= 0.6 is 15.9 Å². The summed E-state index contributed by atoms with van der Waals surface area (Å²) in [5.74, 6) is 2.69. The number of benzene rings is 1. The summed E-state index contributed by atoms with van der Waals surface area (Å²) in [6, 6.07) is 3.56. The molecule has 0 radical (unpaired) electrons. The maximum Gasteiger partial charge on any atom is 0.230 e. The summed E-state index contributed by atoms with van der Waals surface area (Å²) >= 11 is 3.38. The van der Waals surface area contributed by atoms with E-state index in [2.05, 4.69) is 31.3 Å². The van der Waals surface area contributed by atoms with Gasteiger partial charge in [-0.15, -0.1) is 5.10 Å². The molecule has 1 N–H and O–H groups in total. The van der Waals surface area contributed by atoms with Gasteiger partial charge >= 0.3 is 0 Å². The average Bonchev–Trinajstić information content (AvgIpc) is 3.19. The number of hydrogen-bond acceptors (Lipinski definition) is 6. The molecule has 4 bridgehead atoms. The van der Waals surface area contributed by atoms with Crippen molar-refractivity contribution in [2.75, 3.05) is 26.6 Å². The number of nitrogens with one attached hydrogen (secondary N) is 1. The second-order valence-corrected chi connectivity index (χ2v) is 10.0. The number of carbonyl (C=O) groups is 1. The zero-order valence-corrected chi connectivity index (χ0v) is 19.6. The Morgan fingerprint density at radius 1 is 1.10 bits per heavy atom. The Kier molecular flexibility index (Phi) is 4.91. The molecule has 2 aromatic rings. The van der Waals surface area contributed by atoms with Crippen molar-refractivity contribution >= 4 is 27.5 Å². The molecule has 8 nitrogen and oxygen atoms in total. The second kappa shape index (κ2) is 7.39. The van der Waals surface area contributed by atoms with Crippen molar-refractivity contribution in [3.63, 3.8) is 0 Å². The van der Waals surface area contributed by atoms with Crippen molar-refractivity contribution in [2.24, 2.45) is 17.3 Å². The van der Waals surface area contributed by atoms with E-state index >= 15 is 0 Å². The Morgan fingerprint density at radius 3 is 2.26 bits per heavy atom. The molecule has 31 heavy (non-hydrogen) atoms. The monoisotopic (exact) mass is 490 g/mol. The van der Waals surface area contributed by atoms with E-state index in [1.807, 2.05) is 11.0 Å². The first kappa shape index (κ1) is 20.6. The van der Waals surface area contributed by atoms with Crippen LogP contribution in [0.2, 0.25) is 0 Å². The van der Waals surface area contributed by atoms with E-state index in [0.29, 0.717) is 39.5 Å². The molecule has 9 heteroatoms. The highest BCUT2D eigenvalue weighted by Crippen LogP contribution is 2.64. The number of rotatable bonds is 6. The van der Waals surface area contributed by atoms with E-state index in [1.54, 1.807) is 33.5 Å². The summed E-state index contributed by atoms with van der Waals surface area (Å²) < 4.78 is 18.9. The number of halogens is 1. The highest BCUT2D eigenvalue weighted by atomic mass is 79.9. The summed E-state index contributed by atoms with van der Waals surface area (Å²) in [6.07, 6.45) is 7.80. The van der Waals surface area contributed by atoms with Crippen molar-refractivity contribution in [1.29, 1.82) is 0 Å². The van der Waals surface area contributed by atoms with Crippen LogP contribution in [0.25, 0.3) is 0 Å². The minimum Gasteiger partial charge on any atom is -0.493 e. The Hall–Kier alpha value is -2.29. The normalized spacial score (nSPS) is 30.8. The number of amides is 1. The Labute approximate surface area is 189 Å². The fraction of sp³-hybridized carbons (Fsp3) is 0.591. The molecule has 2 unspecified atom stereocenters. The zero-order valence-electron chi connectivity index (χ0n) is 18.0. The van der Waals surface area contributed by atoms with Crippen LogP contribution in [0.15, 0.2) is 23.2 Å². The molecule has 166 valence electrons. The van der Waals surface area contributed by atoms with Gasteiger partial charge in [0.15, 0.2) is 11.5 Å². The van der Waals surface area contributed by atoms with Crippen LogP contribution in [-0.2, 0) is 10.3 Å². The van der Waals surface area contributed by atoms with Crippen LogP contribution in [-0.4, -0.2) is 42.0 Å². The molecular weight excluding hydrogens is 464 g/mol. The molecule has 4 fully saturated rings. The van der Waals surface area contributed by atoms with Crippen molar-refractivity contribution in [3.05, 3.63) is 23.2 Å². The fourth-order valence-corrected chi connectivity index (χ4v) is 6.90. The van der Waals surface area contributed by atoms with Gasteiger partial charge in [0.25, 0.3) is 0 Å². The average molecular weight is 491 g/mol. The summed E-state index contributed by atoms with van der Waals surface area (Å²) in [5.41, 5.74) is 0.117. The number of carbonyl (C=O) groups excluding carboxylic acids is 1. The van der Waals surface area contributed by atoms with E-state index in [9.17, 15) is 4.79 Å². The van der Waals surface area contributed by atoms with Gasteiger partial charge in [0, 0.05) is 17.8 Å². The minimum atomic E-state index is -0.400. The Bertz CT molecular complexity index is 984. The third kappa shape index (κ3) is 3.28. The lowest BCUT2D eigenvalue weighted by atomic mass is 9.46. The van der Waals surface area contributed by atoms with Crippen LogP contribution in [0, 0.1) is 17.3 Å². The van der Waals surface area contributed by atoms with E-state index in [4.69, 9.17) is 14.2 Å². The molecule has 1 aromatic carbocycles.